The molecular weight excluding hydrogens is 281 g/mol. The van der Waals surface area contributed by atoms with Crippen LogP contribution in [0.1, 0.15) is 29.8 Å². The third-order valence-electron chi connectivity index (χ3n) is 4.93. The maximum atomic E-state index is 13.8. The molecule has 2 saturated heterocycles. The van der Waals surface area contributed by atoms with Crippen molar-refractivity contribution in [3.63, 3.8) is 0 Å². The summed E-state index contributed by atoms with van der Waals surface area (Å²) in [6, 6.07) is 7.02. The molecule has 2 fully saturated rings. The van der Waals surface area contributed by atoms with E-state index in [2.05, 4.69) is 9.88 Å². The number of rotatable bonds is 1. The molecule has 1 N–H and O–H groups in total. The predicted molar refractivity (Wildman–Crippen MR) is 83.4 cm³/mol. The molecule has 1 aromatic heterocycles. The van der Waals surface area contributed by atoms with Gasteiger partial charge in [-0.3, -0.25) is 9.69 Å². The van der Waals surface area contributed by atoms with Gasteiger partial charge in [-0.2, -0.15) is 0 Å². The van der Waals surface area contributed by atoms with E-state index in [-0.39, 0.29) is 11.7 Å². The smallest absolute Gasteiger partial charge is 0.270 e. The predicted octanol–water partition coefficient (Wildman–Crippen LogP) is 2.62. The third kappa shape index (κ3) is 2.29. The number of hydrogen-bond acceptors (Lipinski definition) is 2. The number of nitrogens with one attached hydrogen (secondary N) is 1. The van der Waals surface area contributed by atoms with Crippen LogP contribution in [0.5, 0.6) is 0 Å². The van der Waals surface area contributed by atoms with Crippen molar-refractivity contribution in [2.45, 2.75) is 25.3 Å². The van der Waals surface area contributed by atoms with Crippen LogP contribution in [0.15, 0.2) is 24.3 Å². The van der Waals surface area contributed by atoms with E-state index >= 15 is 0 Å². The zero-order chi connectivity index (χ0) is 15.1. The van der Waals surface area contributed by atoms with Crippen molar-refractivity contribution in [2.24, 2.45) is 0 Å². The highest BCUT2D eigenvalue weighted by atomic mass is 19.1. The van der Waals surface area contributed by atoms with Crippen LogP contribution in [0, 0.1) is 5.82 Å². The maximum absolute atomic E-state index is 13.8. The van der Waals surface area contributed by atoms with Gasteiger partial charge < -0.3 is 9.88 Å². The summed E-state index contributed by atoms with van der Waals surface area (Å²) >= 11 is 0. The monoisotopic (exact) mass is 301 g/mol. The molecule has 4 rings (SSSR count). The molecule has 0 bridgehead atoms. The fraction of sp³-hybridized carbons (Fsp3) is 0.471. The first kappa shape index (κ1) is 13.8. The van der Waals surface area contributed by atoms with E-state index in [9.17, 15) is 9.18 Å². The number of carbonyl (C=O) groups is 1. The third-order valence-corrected chi connectivity index (χ3v) is 4.93. The number of hydrogen-bond donors (Lipinski definition) is 1. The van der Waals surface area contributed by atoms with Crippen LogP contribution in [0.25, 0.3) is 10.9 Å². The lowest BCUT2D eigenvalue weighted by Gasteiger charge is -2.25. The molecule has 116 valence electrons. The molecule has 2 aromatic rings. The Labute approximate surface area is 128 Å². The number of nitrogens with zero attached hydrogens (tertiary/aromatic N) is 2. The van der Waals surface area contributed by atoms with Crippen LogP contribution in [0.2, 0.25) is 0 Å². The van der Waals surface area contributed by atoms with Gasteiger partial charge >= 0.3 is 0 Å². The van der Waals surface area contributed by atoms with Gasteiger partial charge in [-0.1, -0.05) is 6.07 Å². The fourth-order valence-electron chi connectivity index (χ4n) is 3.79. The van der Waals surface area contributed by atoms with Crippen molar-refractivity contribution < 1.29 is 9.18 Å². The van der Waals surface area contributed by atoms with Gasteiger partial charge in [0.05, 0.1) is 0 Å². The highest BCUT2D eigenvalue weighted by Crippen LogP contribution is 2.24. The zero-order valence-electron chi connectivity index (χ0n) is 12.5. The van der Waals surface area contributed by atoms with E-state index in [1.54, 1.807) is 18.2 Å². The normalized spacial score (nSPS) is 22.8. The van der Waals surface area contributed by atoms with Crippen LogP contribution in [-0.4, -0.2) is 52.9 Å². The molecule has 0 saturated carbocycles. The summed E-state index contributed by atoms with van der Waals surface area (Å²) in [5, 5.41) is 0.489. The van der Waals surface area contributed by atoms with Crippen molar-refractivity contribution in [1.29, 1.82) is 0 Å². The number of halogens is 1. The van der Waals surface area contributed by atoms with Gasteiger partial charge in [0, 0.05) is 36.6 Å². The van der Waals surface area contributed by atoms with Crippen molar-refractivity contribution in [2.75, 3.05) is 26.2 Å². The summed E-state index contributed by atoms with van der Waals surface area (Å²) in [6.45, 7) is 3.81. The number of carbonyl (C=O) groups excluding carboxylic acids is 1. The molecule has 5 heteroatoms. The van der Waals surface area contributed by atoms with Gasteiger partial charge in [-0.25, -0.2) is 4.39 Å². The van der Waals surface area contributed by atoms with Crippen LogP contribution in [-0.2, 0) is 0 Å². The number of aromatic nitrogens is 1. The highest BCUT2D eigenvalue weighted by molar-refractivity contribution is 5.98. The second-order valence-corrected chi connectivity index (χ2v) is 6.32. The lowest BCUT2D eigenvalue weighted by molar-refractivity contribution is 0.0738. The van der Waals surface area contributed by atoms with Gasteiger partial charge in [-0.15, -0.1) is 0 Å². The quantitative estimate of drug-likeness (QED) is 0.879. The minimum atomic E-state index is -0.286. The highest BCUT2D eigenvalue weighted by Gasteiger charge is 2.31. The second kappa shape index (κ2) is 5.39. The van der Waals surface area contributed by atoms with E-state index in [1.807, 2.05) is 4.90 Å². The zero-order valence-corrected chi connectivity index (χ0v) is 12.5. The van der Waals surface area contributed by atoms with Crippen LogP contribution < -0.4 is 0 Å². The summed E-state index contributed by atoms with van der Waals surface area (Å²) in [7, 11) is 0. The Hall–Kier alpha value is -1.88. The molecule has 1 amide bonds. The van der Waals surface area contributed by atoms with Gasteiger partial charge in [0.25, 0.3) is 5.91 Å². The van der Waals surface area contributed by atoms with E-state index in [0.717, 1.165) is 32.6 Å². The largest absolute Gasteiger partial charge is 0.350 e. The Kier molecular flexibility index (Phi) is 3.37. The lowest BCUT2D eigenvalue weighted by atomic mass is 10.2. The molecule has 0 radical (unpaired) electrons. The second-order valence-electron chi connectivity index (χ2n) is 6.32. The first-order chi connectivity index (χ1) is 10.7. The Morgan fingerprint density at radius 3 is 2.95 bits per heavy atom. The SMILES string of the molecule is O=C(c1cc2c(F)cccc2[nH]1)N1CCCN2CCC[C@H]2C1. The standard InChI is InChI=1S/C17H20FN3O/c18-14-5-1-6-15-13(14)10-16(19-15)17(22)21-9-3-8-20-7-2-4-12(20)11-21/h1,5-6,10,12,19H,2-4,7-9,11H2/t12-/m0/s1. The van der Waals surface area contributed by atoms with Crippen LogP contribution in [0.3, 0.4) is 0 Å². The molecular formula is C17H20FN3O. The Balaban J connectivity index is 1.60. The molecule has 0 unspecified atom stereocenters. The fourth-order valence-corrected chi connectivity index (χ4v) is 3.79. The van der Waals surface area contributed by atoms with E-state index in [4.69, 9.17) is 0 Å². The molecule has 1 aromatic carbocycles. The average Bonchev–Trinajstić information content (AvgIpc) is 3.09. The number of fused-ring (bicyclic) bond motifs is 2. The van der Waals surface area contributed by atoms with Crippen molar-refractivity contribution >= 4 is 16.8 Å². The number of H-pyrrole nitrogens is 1. The molecule has 22 heavy (non-hydrogen) atoms. The summed E-state index contributed by atoms with van der Waals surface area (Å²) in [5.74, 6) is -0.296. The van der Waals surface area contributed by atoms with Gasteiger partial charge in [0.2, 0.25) is 0 Å². The molecule has 3 heterocycles. The van der Waals surface area contributed by atoms with E-state index in [0.29, 0.717) is 22.6 Å². The molecule has 0 spiro atoms. The summed E-state index contributed by atoms with van der Waals surface area (Å²) in [5.41, 5.74) is 1.17. The summed E-state index contributed by atoms with van der Waals surface area (Å²) in [6.07, 6.45) is 3.41. The van der Waals surface area contributed by atoms with E-state index in [1.165, 1.54) is 18.9 Å². The Bertz CT molecular complexity index is 711. The topological polar surface area (TPSA) is 39.3 Å². The van der Waals surface area contributed by atoms with E-state index < -0.39 is 0 Å². The Morgan fingerprint density at radius 2 is 2.09 bits per heavy atom. The number of amides is 1. The lowest BCUT2D eigenvalue weighted by Crippen LogP contribution is -2.39. The van der Waals surface area contributed by atoms with Crippen molar-refractivity contribution in [3.05, 3.63) is 35.8 Å². The van der Waals surface area contributed by atoms with Crippen LogP contribution >= 0.6 is 0 Å². The number of benzene rings is 1. The molecule has 0 aliphatic carbocycles. The first-order valence-electron chi connectivity index (χ1n) is 8.03. The first-order valence-corrected chi connectivity index (χ1v) is 8.03. The van der Waals surface area contributed by atoms with Crippen LogP contribution in [0.4, 0.5) is 4.39 Å². The maximum Gasteiger partial charge on any atom is 0.270 e. The van der Waals surface area contributed by atoms with Gasteiger partial charge in [-0.05, 0) is 44.0 Å². The molecule has 4 nitrogen and oxygen atoms in total. The van der Waals surface area contributed by atoms with Gasteiger partial charge in [0.1, 0.15) is 11.5 Å². The minimum Gasteiger partial charge on any atom is -0.350 e. The van der Waals surface area contributed by atoms with Gasteiger partial charge in [0.15, 0.2) is 0 Å². The number of aromatic amines is 1. The minimum absolute atomic E-state index is 0.00986. The Morgan fingerprint density at radius 1 is 1.23 bits per heavy atom. The molecule has 2 aliphatic rings. The molecule has 2 aliphatic heterocycles. The van der Waals surface area contributed by atoms with Crippen molar-refractivity contribution in [3.8, 4) is 0 Å². The molecule has 1 atom stereocenters. The summed E-state index contributed by atoms with van der Waals surface area (Å²) < 4.78 is 13.8. The van der Waals surface area contributed by atoms with Crippen molar-refractivity contribution in [1.82, 2.24) is 14.8 Å². The summed E-state index contributed by atoms with van der Waals surface area (Å²) in [4.78, 5) is 20.3. The average molecular weight is 301 g/mol.